The Morgan fingerprint density at radius 3 is 2.94 bits per heavy atom. The van der Waals surface area contributed by atoms with Gasteiger partial charge in [0.2, 0.25) is 0 Å². The van der Waals surface area contributed by atoms with Crippen LogP contribution in [0.5, 0.6) is 0 Å². The molecule has 0 fully saturated rings. The third-order valence-corrected chi connectivity index (χ3v) is 3.08. The predicted octanol–water partition coefficient (Wildman–Crippen LogP) is 1.02. The minimum Gasteiger partial charge on any atom is -0.467 e. The van der Waals surface area contributed by atoms with Crippen LogP contribution in [0.4, 0.5) is 0 Å². The minimum atomic E-state index is -0.748. The molecule has 3 N–H and O–H groups in total. The molecule has 0 saturated carbocycles. The van der Waals surface area contributed by atoms with Crippen LogP contribution in [0.2, 0.25) is 0 Å². The van der Waals surface area contributed by atoms with Crippen LogP contribution in [-0.4, -0.2) is 40.9 Å². The largest absolute Gasteiger partial charge is 0.467 e. The van der Waals surface area contributed by atoms with E-state index in [4.69, 9.17) is 4.42 Å². The van der Waals surface area contributed by atoms with Gasteiger partial charge in [0, 0.05) is 18.8 Å². The van der Waals surface area contributed by atoms with E-state index in [0.717, 1.165) is 0 Å². The zero-order valence-electron chi connectivity index (χ0n) is 9.64. The van der Waals surface area contributed by atoms with Gasteiger partial charge in [-0.15, -0.1) is 0 Å². The highest BCUT2D eigenvalue weighted by molar-refractivity contribution is 7.98. The van der Waals surface area contributed by atoms with Crippen LogP contribution in [0, 0.1) is 0 Å². The van der Waals surface area contributed by atoms with Crippen LogP contribution in [0.3, 0.4) is 0 Å². The van der Waals surface area contributed by atoms with Gasteiger partial charge in [0.05, 0.1) is 11.9 Å². The Kier molecular flexibility index (Phi) is 5.34. The summed E-state index contributed by atoms with van der Waals surface area (Å²) in [5, 5.41) is 22.6. The van der Waals surface area contributed by atoms with Crippen molar-refractivity contribution in [3.8, 4) is 0 Å². The Morgan fingerprint density at radius 2 is 2.38 bits per heavy atom. The Hall–Kier alpha value is -0.490. The molecule has 0 saturated heterocycles. The van der Waals surface area contributed by atoms with E-state index in [2.05, 4.69) is 5.32 Å². The fraction of sp³-hybridized carbons (Fsp3) is 0.636. The summed E-state index contributed by atoms with van der Waals surface area (Å²) in [7, 11) is 0. The second-order valence-corrected chi connectivity index (χ2v) is 4.96. The summed E-state index contributed by atoms with van der Waals surface area (Å²) in [5.74, 6) is 1.20. The standard InChI is InChI=1S/C11H19NO3S/c1-11(14,8-16-2)7-12-6-9(13)10-4-3-5-15-10/h3-5,9,12-14H,6-8H2,1-2H3. The number of thioether (sulfide) groups is 1. The van der Waals surface area contributed by atoms with Crippen molar-refractivity contribution in [1.29, 1.82) is 0 Å². The molecule has 0 amide bonds. The van der Waals surface area contributed by atoms with Crippen LogP contribution in [0.25, 0.3) is 0 Å². The summed E-state index contributed by atoms with van der Waals surface area (Å²) < 4.78 is 5.07. The second kappa shape index (κ2) is 6.30. The number of rotatable bonds is 7. The molecule has 0 aliphatic heterocycles. The summed E-state index contributed by atoms with van der Waals surface area (Å²) in [5.41, 5.74) is -0.748. The van der Waals surface area contributed by atoms with E-state index in [0.29, 0.717) is 24.6 Å². The molecule has 0 radical (unpaired) electrons. The van der Waals surface area contributed by atoms with Crippen molar-refractivity contribution in [1.82, 2.24) is 5.32 Å². The molecular weight excluding hydrogens is 226 g/mol. The summed E-state index contributed by atoms with van der Waals surface area (Å²) >= 11 is 1.59. The van der Waals surface area contributed by atoms with Crippen molar-refractivity contribution in [3.05, 3.63) is 24.2 Å². The molecule has 0 bridgehead atoms. The topological polar surface area (TPSA) is 65.6 Å². The van der Waals surface area contributed by atoms with Gasteiger partial charge in [-0.25, -0.2) is 0 Å². The third kappa shape index (κ3) is 4.57. The lowest BCUT2D eigenvalue weighted by molar-refractivity contribution is 0.0763. The molecule has 2 atom stereocenters. The first-order chi connectivity index (χ1) is 7.55. The van der Waals surface area contributed by atoms with Crippen LogP contribution in [0.15, 0.2) is 22.8 Å². The first-order valence-electron chi connectivity index (χ1n) is 5.19. The monoisotopic (exact) mass is 245 g/mol. The van der Waals surface area contributed by atoms with Gasteiger partial charge in [-0.05, 0) is 25.3 Å². The highest BCUT2D eigenvalue weighted by Crippen LogP contribution is 2.13. The van der Waals surface area contributed by atoms with Crippen LogP contribution >= 0.6 is 11.8 Å². The molecule has 1 rings (SSSR count). The minimum absolute atomic E-state index is 0.373. The van der Waals surface area contributed by atoms with Crippen molar-refractivity contribution >= 4 is 11.8 Å². The molecule has 1 heterocycles. The molecule has 16 heavy (non-hydrogen) atoms. The Bertz CT molecular complexity index is 287. The van der Waals surface area contributed by atoms with E-state index < -0.39 is 11.7 Å². The van der Waals surface area contributed by atoms with E-state index in [1.54, 1.807) is 30.8 Å². The van der Waals surface area contributed by atoms with E-state index in [1.165, 1.54) is 6.26 Å². The average Bonchev–Trinajstić information content (AvgIpc) is 2.69. The maximum Gasteiger partial charge on any atom is 0.133 e. The first kappa shape index (κ1) is 13.6. The quantitative estimate of drug-likeness (QED) is 0.669. The van der Waals surface area contributed by atoms with Crippen LogP contribution < -0.4 is 5.32 Å². The lowest BCUT2D eigenvalue weighted by atomic mass is 10.1. The van der Waals surface area contributed by atoms with E-state index in [9.17, 15) is 10.2 Å². The number of hydrogen-bond donors (Lipinski definition) is 3. The van der Waals surface area contributed by atoms with Gasteiger partial charge in [0.15, 0.2) is 0 Å². The first-order valence-corrected chi connectivity index (χ1v) is 6.58. The molecule has 5 heteroatoms. The average molecular weight is 245 g/mol. The van der Waals surface area contributed by atoms with E-state index >= 15 is 0 Å². The second-order valence-electron chi connectivity index (χ2n) is 4.09. The lowest BCUT2D eigenvalue weighted by Crippen LogP contribution is -2.41. The van der Waals surface area contributed by atoms with Gasteiger partial charge < -0.3 is 19.9 Å². The molecular formula is C11H19NO3S. The predicted molar refractivity (Wildman–Crippen MR) is 65.5 cm³/mol. The number of aliphatic hydroxyl groups excluding tert-OH is 1. The molecule has 92 valence electrons. The van der Waals surface area contributed by atoms with E-state index in [1.807, 2.05) is 6.26 Å². The third-order valence-electron chi connectivity index (χ3n) is 2.17. The number of nitrogens with one attached hydrogen (secondary N) is 1. The summed E-state index contributed by atoms with van der Waals surface area (Å²) in [4.78, 5) is 0. The summed E-state index contributed by atoms with van der Waals surface area (Å²) in [6, 6.07) is 3.47. The molecule has 4 nitrogen and oxygen atoms in total. The molecule has 2 unspecified atom stereocenters. The summed E-state index contributed by atoms with van der Waals surface area (Å²) in [6.07, 6.45) is 2.81. The van der Waals surface area contributed by atoms with Crippen LogP contribution in [-0.2, 0) is 0 Å². The SMILES string of the molecule is CSCC(C)(O)CNCC(O)c1ccco1. The number of hydrogen-bond acceptors (Lipinski definition) is 5. The normalized spacial score (nSPS) is 17.0. The maximum atomic E-state index is 9.87. The fourth-order valence-corrected chi connectivity index (χ4v) is 2.15. The van der Waals surface area contributed by atoms with E-state index in [-0.39, 0.29) is 0 Å². The fourth-order valence-electron chi connectivity index (χ4n) is 1.42. The van der Waals surface area contributed by atoms with Gasteiger partial charge in [0.1, 0.15) is 11.9 Å². The number of furan rings is 1. The zero-order valence-corrected chi connectivity index (χ0v) is 10.5. The van der Waals surface area contributed by atoms with Gasteiger partial charge in [0.25, 0.3) is 0 Å². The van der Waals surface area contributed by atoms with Crippen molar-refractivity contribution in [2.75, 3.05) is 25.1 Å². The lowest BCUT2D eigenvalue weighted by Gasteiger charge is -2.23. The van der Waals surface area contributed by atoms with Gasteiger partial charge >= 0.3 is 0 Å². The smallest absolute Gasteiger partial charge is 0.133 e. The highest BCUT2D eigenvalue weighted by Gasteiger charge is 2.19. The Labute approximate surface area is 100 Å². The van der Waals surface area contributed by atoms with Crippen molar-refractivity contribution < 1.29 is 14.6 Å². The summed E-state index contributed by atoms with van der Waals surface area (Å²) in [6.45, 7) is 2.60. The molecule has 1 aromatic heterocycles. The van der Waals surface area contributed by atoms with Crippen molar-refractivity contribution in [2.24, 2.45) is 0 Å². The van der Waals surface area contributed by atoms with Crippen molar-refractivity contribution in [3.63, 3.8) is 0 Å². The molecule has 0 spiro atoms. The van der Waals surface area contributed by atoms with Gasteiger partial charge in [-0.3, -0.25) is 0 Å². The molecule has 0 aliphatic rings. The Morgan fingerprint density at radius 1 is 1.62 bits per heavy atom. The maximum absolute atomic E-state index is 9.87. The molecule has 1 aromatic rings. The number of aliphatic hydroxyl groups is 2. The zero-order chi connectivity index (χ0) is 12.0. The van der Waals surface area contributed by atoms with Gasteiger partial charge in [-0.1, -0.05) is 0 Å². The molecule has 0 aromatic carbocycles. The van der Waals surface area contributed by atoms with Crippen LogP contribution in [0.1, 0.15) is 18.8 Å². The highest BCUT2D eigenvalue weighted by atomic mass is 32.2. The Balaban J connectivity index is 2.25. The van der Waals surface area contributed by atoms with Gasteiger partial charge in [-0.2, -0.15) is 11.8 Å². The molecule has 0 aliphatic carbocycles. The van der Waals surface area contributed by atoms with Crippen molar-refractivity contribution in [2.45, 2.75) is 18.6 Å².